The van der Waals surface area contributed by atoms with Gasteiger partial charge >= 0.3 is 0 Å². The summed E-state index contributed by atoms with van der Waals surface area (Å²) in [6, 6.07) is 60.6. The fourth-order valence-corrected chi connectivity index (χ4v) is 8.61. The number of nitriles is 3. The smallest absolute Gasteiger partial charge is 0.0998 e. The maximum atomic E-state index is 10.9. The standard InChI is InChI=1S/C52H32N6/c1-32-21-40(22-33(2)56-32)46-28-52(58-48-16-6-4-14-43(48)45-20-18-39(26-50(45)58)37-12-8-10-35(24-37)30-54)51(27-41(46)31-55)57-47-15-5-3-13-42(47)44-19-17-38(25-49(44)57)36-11-7-9-34(23-36)29-53/h3-28H,1-2H3. The number of pyridine rings is 1. The summed E-state index contributed by atoms with van der Waals surface area (Å²) in [4.78, 5) is 4.66. The van der Waals surface area contributed by atoms with Crippen molar-refractivity contribution in [1.82, 2.24) is 14.1 Å². The summed E-state index contributed by atoms with van der Waals surface area (Å²) in [7, 11) is 0. The molecule has 3 aromatic heterocycles. The van der Waals surface area contributed by atoms with Crippen LogP contribution in [0.2, 0.25) is 0 Å². The van der Waals surface area contributed by atoms with E-state index in [0.717, 1.165) is 99.8 Å². The van der Waals surface area contributed by atoms with Crippen molar-refractivity contribution >= 4 is 43.6 Å². The molecule has 6 nitrogen and oxygen atoms in total. The molecule has 0 unspecified atom stereocenters. The second kappa shape index (κ2) is 13.5. The Hall–Kier alpha value is -8.24. The van der Waals surface area contributed by atoms with Gasteiger partial charge in [-0.1, -0.05) is 84.9 Å². The van der Waals surface area contributed by atoms with Gasteiger partial charge in [-0.3, -0.25) is 4.98 Å². The molecule has 0 spiro atoms. The number of aryl methyl sites for hydroxylation is 2. The minimum Gasteiger partial charge on any atom is -0.307 e. The average Bonchev–Trinajstić information content (AvgIpc) is 3.77. The van der Waals surface area contributed by atoms with Gasteiger partial charge in [-0.05, 0) is 114 Å². The molecule has 0 radical (unpaired) electrons. The van der Waals surface area contributed by atoms with E-state index in [0.29, 0.717) is 16.7 Å². The lowest BCUT2D eigenvalue weighted by Crippen LogP contribution is -2.06. The summed E-state index contributed by atoms with van der Waals surface area (Å²) < 4.78 is 4.61. The Morgan fingerprint density at radius 1 is 0.397 bits per heavy atom. The summed E-state index contributed by atoms with van der Waals surface area (Å²) in [5, 5.41) is 34.8. The van der Waals surface area contributed by atoms with Crippen LogP contribution in [-0.2, 0) is 0 Å². The van der Waals surface area contributed by atoms with Crippen LogP contribution in [0.15, 0.2) is 158 Å². The number of nitrogens with zero attached hydrogens (tertiary/aromatic N) is 6. The monoisotopic (exact) mass is 740 g/mol. The maximum Gasteiger partial charge on any atom is 0.0998 e. The molecule has 0 N–H and O–H groups in total. The summed E-state index contributed by atoms with van der Waals surface area (Å²) in [5.74, 6) is 0. The second-order valence-corrected chi connectivity index (χ2v) is 14.7. The van der Waals surface area contributed by atoms with Crippen LogP contribution in [0.3, 0.4) is 0 Å². The fraction of sp³-hybridized carbons (Fsp3) is 0.0385. The maximum absolute atomic E-state index is 10.9. The molecule has 0 amide bonds. The quantitative estimate of drug-likeness (QED) is 0.175. The molecule has 0 aliphatic rings. The van der Waals surface area contributed by atoms with Gasteiger partial charge in [-0.15, -0.1) is 0 Å². The summed E-state index contributed by atoms with van der Waals surface area (Å²) in [5.41, 5.74) is 14.8. The van der Waals surface area contributed by atoms with Crippen LogP contribution >= 0.6 is 0 Å². The van der Waals surface area contributed by atoms with E-state index >= 15 is 0 Å². The lowest BCUT2D eigenvalue weighted by molar-refractivity contribution is 1.09. The van der Waals surface area contributed by atoms with Gasteiger partial charge in [-0.2, -0.15) is 15.8 Å². The molecule has 7 aromatic carbocycles. The number of aromatic nitrogens is 3. The Balaban J connectivity index is 1.36. The largest absolute Gasteiger partial charge is 0.307 e. The van der Waals surface area contributed by atoms with Crippen molar-refractivity contribution in [2.75, 3.05) is 0 Å². The van der Waals surface area contributed by atoms with Gasteiger partial charge < -0.3 is 9.13 Å². The molecule has 10 rings (SSSR count). The first-order valence-corrected chi connectivity index (χ1v) is 19.0. The molecule has 3 heterocycles. The number of hydrogen-bond acceptors (Lipinski definition) is 4. The highest BCUT2D eigenvalue weighted by atomic mass is 15.1. The van der Waals surface area contributed by atoms with E-state index in [1.165, 1.54) is 0 Å². The first kappa shape index (κ1) is 34.3. The SMILES string of the molecule is Cc1cc(-c2cc(-n3c4ccccc4c4ccc(-c5cccc(C#N)c5)cc43)c(-n3c4ccccc4c4ccc(-c5cccc(C#N)c5)cc43)cc2C#N)cc(C)n1. The Kier molecular flexibility index (Phi) is 7.98. The highest BCUT2D eigenvalue weighted by molar-refractivity contribution is 6.13. The van der Waals surface area contributed by atoms with Crippen molar-refractivity contribution in [2.24, 2.45) is 0 Å². The zero-order valence-electron chi connectivity index (χ0n) is 31.7. The highest BCUT2D eigenvalue weighted by Crippen LogP contribution is 2.42. The minimum absolute atomic E-state index is 0.544. The van der Waals surface area contributed by atoms with Crippen LogP contribution in [0, 0.1) is 47.8 Å². The summed E-state index contributed by atoms with van der Waals surface area (Å²) >= 11 is 0. The third-order valence-electron chi connectivity index (χ3n) is 11.1. The first-order valence-electron chi connectivity index (χ1n) is 19.0. The number of fused-ring (bicyclic) bond motifs is 6. The Labute approximate surface area is 335 Å². The molecule has 10 aromatic rings. The van der Waals surface area contributed by atoms with Gasteiger partial charge in [0.1, 0.15) is 0 Å². The van der Waals surface area contributed by atoms with Gasteiger partial charge in [0.05, 0.1) is 68.3 Å². The molecule has 0 aliphatic heterocycles. The minimum atomic E-state index is 0.544. The van der Waals surface area contributed by atoms with Gasteiger partial charge in [0.2, 0.25) is 0 Å². The molecule has 0 aliphatic carbocycles. The van der Waals surface area contributed by atoms with Crippen LogP contribution in [0.5, 0.6) is 0 Å². The van der Waals surface area contributed by atoms with E-state index in [1.807, 2.05) is 80.6 Å². The number of rotatable bonds is 5. The third kappa shape index (κ3) is 5.50. The van der Waals surface area contributed by atoms with E-state index in [-0.39, 0.29) is 0 Å². The molecule has 0 bridgehead atoms. The van der Waals surface area contributed by atoms with E-state index in [1.54, 1.807) is 0 Å². The normalized spacial score (nSPS) is 11.2. The third-order valence-corrected chi connectivity index (χ3v) is 11.1. The van der Waals surface area contributed by atoms with Gasteiger partial charge in [0, 0.05) is 38.5 Å². The lowest BCUT2D eigenvalue weighted by atomic mass is 9.97. The topological polar surface area (TPSA) is 94.1 Å². The fourth-order valence-electron chi connectivity index (χ4n) is 8.61. The first-order chi connectivity index (χ1) is 28.4. The van der Waals surface area contributed by atoms with Crippen LogP contribution in [0.25, 0.3) is 88.4 Å². The average molecular weight is 741 g/mol. The Morgan fingerprint density at radius 3 is 1.36 bits per heavy atom. The van der Waals surface area contributed by atoms with Crippen molar-refractivity contribution in [3.63, 3.8) is 0 Å². The molecule has 0 saturated heterocycles. The van der Waals surface area contributed by atoms with Gasteiger partial charge in [-0.25, -0.2) is 0 Å². The molecule has 0 saturated carbocycles. The molecule has 270 valence electrons. The number of hydrogen-bond donors (Lipinski definition) is 0. The Morgan fingerprint density at radius 2 is 0.862 bits per heavy atom. The van der Waals surface area contributed by atoms with Crippen molar-refractivity contribution in [3.05, 3.63) is 186 Å². The van der Waals surface area contributed by atoms with Crippen molar-refractivity contribution in [2.45, 2.75) is 13.8 Å². The van der Waals surface area contributed by atoms with Gasteiger partial charge in [0.25, 0.3) is 0 Å². The molecule has 0 fully saturated rings. The highest BCUT2D eigenvalue weighted by Gasteiger charge is 2.23. The predicted octanol–water partition coefficient (Wildman–Crippen LogP) is 12.5. The summed E-state index contributed by atoms with van der Waals surface area (Å²) in [6.07, 6.45) is 0. The number of benzene rings is 7. The molecular weight excluding hydrogens is 709 g/mol. The molecular formula is C52H32N6. The molecule has 0 atom stereocenters. The van der Waals surface area contributed by atoms with Crippen LogP contribution < -0.4 is 0 Å². The Bertz CT molecular complexity index is 3450. The predicted molar refractivity (Wildman–Crippen MR) is 233 cm³/mol. The number of para-hydroxylation sites is 2. The summed E-state index contributed by atoms with van der Waals surface area (Å²) in [6.45, 7) is 3.96. The van der Waals surface area contributed by atoms with E-state index < -0.39 is 0 Å². The zero-order valence-corrected chi connectivity index (χ0v) is 31.7. The molecule has 6 heteroatoms. The zero-order chi connectivity index (χ0) is 39.5. The second-order valence-electron chi connectivity index (χ2n) is 14.7. The van der Waals surface area contributed by atoms with Crippen LogP contribution in [-0.4, -0.2) is 14.1 Å². The lowest BCUT2D eigenvalue weighted by Gasteiger charge is -2.20. The van der Waals surface area contributed by atoms with Crippen molar-refractivity contribution in [1.29, 1.82) is 15.8 Å². The van der Waals surface area contributed by atoms with Crippen LogP contribution in [0.1, 0.15) is 28.1 Å². The van der Waals surface area contributed by atoms with Crippen molar-refractivity contribution in [3.8, 4) is 63.0 Å². The van der Waals surface area contributed by atoms with E-state index in [2.05, 4.69) is 123 Å². The van der Waals surface area contributed by atoms with E-state index in [9.17, 15) is 15.8 Å². The van der Waals surface area contributed by atoms with Crippen LogP contribution in [0.4, 0.5) is 0 Å². The van der Waals surface area contributed by atoms with Crippen molar-refractivity contribution < 1.29 is 0 Å². The molecule has 58 heavy (non-hydrogen) atoms. The van der Waals surface area contributed by atoms with E-state index in [4.69, 9.17) is 0 Å². The van der Waals surface area contributed by atoms with Gasteiger partial charge in [0.15, 0.2) is 0 Å².